The van der Waals surface area contributed by atoms with E-state index in [0.717, 1.165) is 0 Å². The number of aliphatic hydroxyl groups excluding tert-OH is 1. The Balaban J connectivity index is 0.000000199. The first-order chi connectivity index (χ1) is 8.61. The van der Waals surface area contributed by atoms with Crippen LogP contribution in [0.1, 0.15) is 11.4 Å². The largest absolute Gasteiger partial charge is 0.542 e. The Morgan fingerprint density at radius 3 is 1.67 bits per heavy atom. The lowest BCUT2D eigenvalue weighted by Crippen LogP contribution is -1.89. The van der Waals surface area contributed by atoms with E-state index in [2.05, 4.69) is 0 Å². The van der Waals surface area contributed by atoms with Crippen LogP contribution in [0.5, 0.6) is 5.75 Å². The zero-order chi connectivity index (χ0) is 13.4. The maximum atomic E-state index is 10.4. The van der Waals surface area contributed by atoms with Crippen molar-refractivity contribution in [3.63, 3.8) is 0 Å². The molecule has 0 amide bonds. The molecule has 94 valence electrons. The summed E-state index contributed by atoms with van der Waals surface area (Å²) >= 11 is 0. The molecule has 2 atom stereocenters. The van der Waals surface area contributed by atoms with Crippen LogP contribution in [0.15, 0.2) is 60.7 Å². The Kier molecular flexibility index (Phi) is 6.01. The van der Waals surface area contributed by atoms with E-state index in [1.165, 1.54) is 0 Å². The highest BCUT2D eigenvalue weighted by Crippen LogP contribution is 2.34. The minimum atomic E-state index is -2.53. The average molecular weight is 265 g/mol. The van der Waals surface area contributed by atoms with Gasteiger partial charge >= 0.3 is 13.9 Å². The number of benzene rings is 2. The molecule has 0 saturated heterocycles. The van der Waals surface area contributed by atoms with E-state index >= 15 is 0 Å². The first-order valence-electron chi connectivity index (χ1n) is 5.23. The van der Waals surface area contributed by atoms with Crippen molar-refractivity contribution in [2.45, 2.75) is 5.85 Å². The van der Waals surface area contributed by atoms with Crippen molar-refractivity contribution in [2.75, 3.05) is 0 Å². The van der Waals surface area contributed by atoms with Crippen LogP contribution in [0.2, 0.25) is 0 Å². The Labute approximate surface area is 106 Å². The summed E-state index contributed by atoms with van der Waals surface area (Å²) < 4.78 is 10.4. The molecule has 0 spiro atoms. The van der Waals surface area contributed by atoms with Crippen LogP contribution in [0.25, 0.3) is 0 Å². The fraction of sp³-hybridized carbons (Fsp3) is 0.0769. The minimum Gasteiger partial charge on any atom is -0.508 e. The topological polar surface area (TPSA) is 77.8 Å². The zero-order valence-electron chi connectivity index (χ0n) is 9.55. The van der Waals surface area contributed by atoms with Crippen LogP contribution < -0.4 is 0 Å². The van der Waals surface area contributed by atoms with E-state index < -0.39 is 13.9 Å². The molecule has 0 aliphatic rings. The molecule has 4 nitrogen and oxygen atoms in total. The molecule has 5 heteroatoms. The van der Waals surface area contributed by atoms with Crippen LogP contribution in [-0.2, 0) is 4.57 Å². The predicted octanol–water partition coefficient (Wildman–Crippen LogP) is 2.80. The summed E-state index contributed by atoms with van der Waals surface area (Å²) in [6, 6.07) is 17.1. The fourth-order valence-electron chi connectivity index (χ4n) is 1.18. The molecule has 2 aromatic rings. The average Bonchev–Trinajstić information content (AvgIpc) is 2.40. The summed E-state index contributed by atoms with van der Waals surface area (Å²) in [4.78, 5) is 8.53. The lowest BCUT2D eigenvalue weighted by molar-refractivity contribution is 0.243. The number of phenols is 1. The van der Waals surface area contributed by atoms with Crippen LogP contribution in [0.3, 0.4) is 0 Å². The monoisotopic (exact) mass is 265 g/mol. The molecule has 2 aromatic carbocycles. The van der Waals surface area contributed by atoms with Gasteiger partial charge in [-0.2, -0.15) is 4.89 Å². The number of hydrogen-bond acceptors (Lipinski definition) is 3. The molecule has 0 saturated carbocycles. The lowest BCUT2D eigenvalue weighted by Gasteiger charge is -1.94. The zero-order valence-corrected chi connectivity index (χ0v) is 10.4. The van der Waals surface area contributed by atoms with Gasteiger partial charge in [-0.25, -0.2) is 0 Å². The maximum Gasteiger partial charge on any atom is 0.542 e. The van der Waals surface area contributed by atoms with Gasteiger partial charge in [0.2, 0.25) is 0 Å². The van der Waals surface area contributed by atoms with Gasteiger partial charge < -0.3 is 10.2 Å². The van der Waals surface area contributed by atoms with Crippen molar-refractivity contribution in [3.05, 3.63) is 66.2 Å². The quantitative estimate of drug-likeness (QED) is 0.729. The number of phenolic OH excluding ortho intramolecular Hbond substituents is 1. The Morgan fingerprint density at radius 1 is 0.889 bits per heavy atom. The SMILES string of the molecule is O=[P+](O)C(O)c1ccccc1.Oc1ccccc1. The van der Waals surface area contributed by atoms with E-state index in [1.54, 1.807) is 54.6 Å². The second-order valence-electron chi connectivity index (χ2n) is 3.42. The summed E-state index contributed by atoms with van der Waals surface area (Å²) in [5.74, 6) is -0.936. The van der Waals surface area contributed by atoms with Crippen molar-refractivity contribution in [3.8, 4) is 5.75 Å². The van der Waals surface area contributed by atoms with Crippen LogP contribution in [0, 0.1) is 0 Å². The highest BCUT2D eigenvalue weighted by atomic mass is 31.1. The first kappa shape index (κ1) is 14.3. The van der Waals surface area contributed by atoms with Crippen molar-refractivity contribution < 1.29 is 19.7 Å². The summed E-state index contributed by atoms with van der Waals surface area (Å²) in [6.45, 7) is 0. The summed E-state index contributed by atoms with van der Waals surface area (Å²) in [5, 5.41) is 17.7. The van der Waals surface area contributed by atoms with Gasteiger partial charge in [-0.1, -0.05) is 48.5 Å². The van der Waals surface area contributed by atoms with Crippen LogP contribution in [-0.4, -0.2) is 15.1 Å². The molecule has 3 N–H and O–H groups in total. The second kappa shape index (κ2) is 7.56. The Hall–Kier alpha value is -1.74. The number of aromatic hydroxyl groups is 1. The molecule has 0 aromatic heterocycles. The van der Waals surface area contributed by atoms with Gasteiger partial charge in [0.05, 0.1) is 0 Å². The van der Waals surface area contributed by atoms with E-state index in [4.69, 9.17) is 15.1 Å². The number of para-hydroxylation sites is 1. The fourth-order valence-corrected chi connectivity index (χ4v) is 1.61. The summed E-state index contributed by atoms with van der Waals surface area (Å²) in [6.07, 6.45) is 0. The number of rotatable bonds is 2. The van der Waals surface area contributed by atoms with Crippen LogP contribution in [0.4, 0.5) is 0 Å². The molecular formula is C13H14O4P+. The smallest absolute Gasteiger partial charge is 0.508 e. The molecule has 0 aliphatic heterocycles. The minimum absolute atomic E-state index is 0.322. The highest BCUT2D eigenvalue weighted by molar-refractivity contribution is 7.38. The molecule has 0 radical (unpaired) electrons. The van der Waals surface area contributed by atoms with E-state index in [1.807, 2.05) is 6.07 Å². The van der Waals surface area contributed by atoms with Gasteiger partial charge in [0.1, 0.15) is 5.75 Å². The number of aliphatic hydroxyl groups is 1. The van der Waals surface area contributed by atoms with Crippen molar-refractivity contribution >= 4 is 8.03 Å². The Bertz CT molecular complexity index is 473. The highest BCUT2D eigenvalue weighted by Gasteiger charge is 2.27. The Morgan fingerprint density at radius 2 is 1.33 bits per heavy atom. The van der Waals surface area contributed by atoms with E-state index in [9.17, 15) is 4.57 Å². The normalized spacial score (nSPS) is 12.0. The molecule has 2 rings (SSSR count). The molecule has 0 bridgehead atoms. The second-order valence-corrected chi connectivity index (χ2v) is 4.52. The first-order valence-corrected chi connectivity index (χ1v) is 6.51. The van der Waals surface area contributed by atoms with Crippen molar-refractivity contribution in [2.24, 2.45) is 0 Å². The van der Waals surface area contributed by atoms with Gasteiger partial charge in [-0.15, -0.1) is 0 Å². The van der Waals surface area contributed by atoms with Gasteiger partial charge in [0.15, 0.2) is 0 Å². The standard InChI is InChI=1S/C7H7O3P.C6H6O/c8-7(11(9)10)6-4-2-1-3-5-6;7-6-4-2-1-3-5-6/h1-5,7-8H;1-5,7H/p+1. The van der Waals surface area contributed by atoms with Crippen LogP contribution >= 0.6 is 8.03 Å². The summed E-state index contributed by atoms with van der Waals surface area (Å²) in [7, 11) is -2.53. The molecular weight excluding hydrogens is 251 g/mol. The lowest BCUT2D eigenvalue weighted by atomic mass is 10.2. The van der Waals surface area contributed by atoms with Crippen molar-refractivity contribution in [1.82, 2.24) is 0 Å². The van der Waals surface area contributed by atoms with E-state index in [-0.39, 0.29) is 0 Å². The third-order valence-corrected chi connectivity index (χ3v) is 2.78. The third-order valence-electron chi connectivity index (χ3n) is 2.06. The van der Waals surface area contributed by atoms with Crippen molar-refractivity contribution in [1.29, 1.82) is 0 Å². The predicted molar refractivity (Wildman–Crippen MR) is 69.3 cm³/mol. The molecule has 18 heavy (non-hydrogen) atoms. The van der Waals surface area contributed by atoms with E-state index in [0.29, 0.717) is 11.3 Å². The maximum absolute atomic E-state index is 10.4. The van der Waals surface area contributed by atoms with Gasteiger partial charge in [-0.05, 0) is 16.7 Å². The third kappa shape index (κ3) is 5.06. The molecule has 0 fully saturated rings. The number of hydrogen-bond donors (Lipinski definition) is 3. The van der Waals surface area contributed by atoms with Gasteiger partial charge in [-0.3, -0.25) is 0 Å². The van der Waals surface area contributed by atoms with Gasteiger partial charge in [0.25, 0.3) is 0 Å². The molecule has 0 aliphatic carbocycles. The molecule has 2 unspecified atom stereocenters. The van der Waals surface area contributed by atoms with Gasteiger partial charge in [0, 0.05) is 5.56 Å². The molecule has 0 heterocycles. The summed E-state index contributed by atoms with van der Waals surface area (Å²) in [5.41, 5.74) is 0.469.